The molecule has 0 amide bonds. The minimum atomic E-state index is 0.533. The van der Waals surface area contributed by atoms with Gasteiger partial charge >= 0.3 is 0 Å². The molecular weight excluding hydrogens is 288 g/mol. The van der Waals surface area contributed by atoms with Crippen molar-refractivity contribution in [3.8, 4) is 11.5 Å². The maximum absolute atomic E-state index is 10.8. The fraction of sp³-hybridized carbons (Fsp3) is 0.250. The van der Waals surface area contributed by atoms with E-state index in [1.165, 1.54) is 11.1 Å². The molecule has 0 bridgehead atoms. The molecule has 0 unspecified atom stereocenters. The smallest absolute Gasteiger partial charge is 0.161 e. The molecule has 3 heteroatoms. The third kappa shape index (κ3) is 4.99. The van der Waals surface area contributed by atoms with Crippen molar-refractivity contribution in [2.24, 2.45) is 0 Å². The molecule has 2 rings (SSSR count). The summed E-state index contributed by atoms with van der Waals surface area (Å²) in [6, 6.07) is 15.5. The molecule has 0 atom stereocenters. The van der Waals surface area contributed by atoms with Crippen molar-refractivity contribution in [1.29, 1.82) is 0 Å². The van der Waals surface area contributed by atoms with Gasteiger partial charge in [0.2, 0.25) is 0 Å². The van der Waals surface area contributed by atoms with Crippen molar-refractivity contribution in [2.45, 2.75) is 20.3 Å². The summed E-state index contributed by atoms with van der Waals surface area (Å²) in [5.74, 6) is 1.28. The van der Waals surface area contributed by atoms with Gasteiger partial charge in [0.05, 0.1) is 13.2 Å². The van der Waals surface area contributed by atoms with E-state index in [-0.39, 0.29) is 0 Å². The highest BCUT2D eigenvalue weighted by molar-refractivity contribution is 5.76. The van der Waals surface area contributed by atoms with Crippen LogP contribution in [0.2, 0.25) is 0 Å². The highest BCUT2D eigenvalue weighted by atomic mass is 16.5. The molecule has 0 aliphatic carbocycles. The number of benzene rings is 2. The average Bonchev–Trinajstić information content (AvgIpc) is 2.60. The number of carbonyl (C=O) groups excluding carboxylic acids is 1. The van der Waals surface area contributed by atoms with E-state index < -0.39 is 0 Å². The van der Waals surface area contributed by atoms with Gasteiger partial charge in [-0.15, -0.1) is 0 Å². The Labute approximate surface area is 137 Å². The Morgan fingerprint density at radius 3 is 2.52 bits per heavy atom. The van der Waals surface area contributed by atoms with Crippen molar-refractivity contribution < 1.29 is 14.3 Å². The van der Waals surface area contributed by atoms with E-state index in [9.17, 15) is 4.79 Å². The maximum atomic E-state index is 10.8. The first-order chi connectivity index (χ1) is 11.2. The molecule has 0 aromatic heterocycles. The predicted octanol–water partition coefficient (Wildman–Crippen LogP) is 4.77. The number of aldehydes is 1. The lowest BCUT2D eigenvalue weighted by atomic mass is 10.1. The second-order valence-electron chi connectivity index (χ2n) is 5.15. The van der Waals surface area contributed by atoms with Crippen molar-refractivity contribution >= 4 is 11.9 Å². The lowest BCUT2D eigenvalue weighted by Crippen LogP contribution is -2.01. The maximum Gasteiger partial charge on any atom is 0.161 e. The van der Waals surface area contributed by atoms with Gasteiger partial charge in [-0.2, -0.15) is 0 Å². The van der Waals surface area contributed by atoms with E-state index in [2.05, 4.69) is 25.1 Å². The third-order valence-corrected chi connectivity index (χ3v) is 3.46. The zero-order chi connectivity index (χ0) is 16.5. The van der Waals surface area contributed by atoms with E-state index in [1.807, 2.05) is 25.1 Å². The summed E-state index contributed by atoms with van der Waals surface area (Å²) in [5, 5.41) is 0. The number of rotatable bonds is 8. The van der Waals surface area contributed by atoms with Crippen LogP contribution in [0.25, 0.3) is 5.57 Å². The molecular formula is C20H22O3. The van der Waals surface area contributed by atoms with E-state index in [4.69, 9.17) is 9.47 Å². The van der Waals surface area contributed by atoms with Crippen LogP contribution in [0.1, 0.15) is 36.2 Å². The standard InChI is InChI=1S/C20H22O3/c1-3-22-20-14-17(15-21)11-12-19(20)23-13-7-8-16(2)18-9-5-4-6-10-18/h4-6,8-12,14-15H,3,7,13H2,1-2H3. The molecule has 120 valence electrons. The third-order valence-electron chi connectivity index (χ3n) is 3.46. The summed E-state index contributed by atoms with van der Waals surface area (Å²) in [7, 11) is 0. The highest BCUT2D eigenvalue weighted by Crippen LogP contribution is 2.28. The Morgan fingerprint density at radius 1 is 1.04 bits per heavy atom. The molecule has 0 heterocycles. The van der Waals surface area contributed by atoms with E-state index in [1.54, 1.807) is 18.2 Å². The molecule has 2 aromatic carbocycles. The summed E-state index contributed by atoms with van der Waals surface area (Å²) in [4.78, 5) is 10.8. The Hall–Kier alpha value is -2.55. The summed E-state index contributed by atoms with van der Waals surface area (Å²) in [6.45, 7) is 5.10. The minimum absolute atomic E-state index is 0.533. The van der Waals surface area contributed by atoms with Crippen LogP contribution in [-0.4, -0.2) is 19.5 Å². The quantitative estimate of drug-likeness (QED) is 0.520. The van der Waals surface area contributed by atoms with Crippen LogP contribution in [0.5, 0.6) is 11.5 Å². The Bertz CT molecular complexity index is 660. The second kappa shape index (κ2) is 8.79. The van der Waals surface area contributed by atoms with Gasteiger partial charge in [-0.3, -0.25) is 4.79 Å². The topological polar surface area (TPSA) is 35.5 Å². The lowest BCUT2D eigenvalue weighted by molar-refractivity contribution is 0.112. The average molecular weight is 310 g/mol. The Balaban J connectivity index is 1.94. The zero-order valence-corrected chi connectivity index (χ0v) is 13.6. The predicted molar refractivity (Wildman–Crippen MR) is 93.2 cm³/mol. The van der Waals surface area contributed by atoms with Crippen LogP contribution in [0.3, 0.4) is 0 Å². The summed E-state index contributed by atoms with van der Waals surface area (Å²) < 4.78 is 11.3. The molecule has 0 aliphatic heterocycles. The van der Waals surface area contributed by atoms with Crippen LogP contribution >= 0.6 is 0 Å². The first kappa shape index (κ1) is 16.8. The first-order valence-corrected chi connectivity index (χ1v) is 7.81. The van der Waals surface area contributed by atoms with Crippen molar-refractivity contribution in [3.05, 3.63) is 65.7 Å². The molecule has 0 saturated heterocycles. The van der Waals surface area contributed by atoms with Crippen molar-refractivity contribution in [1.82, 2.24) is 0 Å². The molecule has 0 aliphatic rings. The fourth-order valence-electron chi connectivity index (χ4n) is 2.25. The SMILES string of the molecule is CCOc1cc(C=O)ccc1OCCC=C(C)c1ccccc1. The van der Waals surface area contributed by atoms with Crippen molar-refractivity contribution in [2.75, 3.05) is 13.2 Å². The largest absolute Gasteiger partial charge is 0.490 e. The number of carbonyl (C=O) groups is 1. The molecule has 0 fully saturated rings. The zero-order valence-electron chi connectivity index (χ0n) is 13.6. The number of allylic oxidation sites excluding steroid dienone is 1. The highest BCUT2D eigenvalue weighted by Gasteiger charge is 2.06. The van der Waals surface area contributed by atoms with E-state index >= 15 is 0 Å². The van der Waals surface area contributed by atoms with Crippen molar-refractivity contribution in [3.63, 3.8) is 0 Å². The van der Waals surface area contributed by atoms with Gasteiger partial charge in [0, 0.05) is 12.0 Å². The summed E-state index contributed by atoms with van der Waals surface area (Å²) in [6.07, 6.45) is 3.77. The second-order valence-corrected chi connectivity index (χ2v) is 5.15. The number of hydrogen-bond donors (Lipinski definition) is 0. The fourth-order valence-corrected chi connectivity index (χ4v) is 2.25. The van der Waals surface area contributed by atoms with Gasteiger partial charge < -0.3 is 9.47 Å². The number of ether oxygens (including phenoxy) is 2. The van der Waals surface area contributed by atoms with Gasteiger partial charge in [0.1, 0.15) is 6.29 Å². The normalized spacial score (nSPS) is 11.1. The lowest BCUT2D eigenvalue weighted by Gasteiger charge is -2.12. The van der Waals surface area contributed by atoms with Crippen LogP contribution in [-0.2, 0) is 0 Å². The van der Waals surface area contributed by atoms with Gasteiger partial charge in [0.15, 0.2) is 11.5 Å². The van der Waals surface area contributed by atoms with Gasteiger partial charge in [-0.25, -0.2) is 0 Å². The number of hydrogen-bond acceptors (Lipinski definition) is 3. The molecule has 3 nitrogen and oxygen atoms in total. The van der Waals surface area contributed by atoms with Crippen LogP contribution in [0.4, 0.5) is 0 Å². The molecule has 0 saturated carbocycles. The van der Waals surface area contributed by atoms with Gasteiger partial charge in [0.25, 0.3) is 0 Å². The Kier molecular flexibility index (Phi) is 6.42. The van der Waals surface area contributed by atoms with Crippen LogP contribution in [0.15, 0.2) is 54.6 Å². The van der Waals surface area contributed by atoms with E-state index in [0.717, 1.165) is 12.7 Å². The molecule has 0 radical (unpaired) electrons. The molecule has 23 heavy (non-hydrogen) atoms. The summed E-state index contributed by atoms with van der Waals surface area (Å²) in [5.41, 5.74) is 3.04. The molecule has 0 N–H and O–H groups in total. The van der Waals surface area contributed by atoms with Gasteiger partial charge in [-0.1, -0.05) is 36.4 Å². The Morgan fingerprint density at radius 2 is 1.83 bits per heavy atom. The van der Waals surface area contributed by atoms with Crippen LogP contribution in [0, 0.1) is 0 Å². The van der Waals surface area contributed by atoms with E-state index in [0.29, 0.717) is 30.3 Å². The minimum Gasteiger partial charge on any atom is -0.490 e. The summed E-state index contributed by atoms with van der Waals surface area (Å²) >= 11 is 0. The van der Waals surface area contributed by atoms with Gasteiger partial charge in [-0.05, 0) is 43.2 Å². The molecule has 0 spiro atoms. The molecule has 2 aromatic rings. The van der Waals surface area contributed by atoms with Crippen LogP contribution < -0.4 is 9.47 Å². The monoisotopic (exact) mass is 310 g/mol. The first-order valence-electron chi connectivity index (χ1n) is 7.81.